The molecule has 1 aliphatic heterocycles. The second kappa shape index (κ2) is 9.19. The van der Waals surface area contributed by atoms with E-state index in [1.807, 2.05) is 0 Å². The van der Waals surface area contributed by atoms with Crippen LogP contribution in [0.2, 0.25) is 0 Å². The van der Waals surface area contributed by atoms with Crippen LogP contribution in [-0.4, -0.2) is 61.4 Å². The summed E-state index contributed by atoms with van der Waals surface area (Å²) in [5.74, 6) is 1.15. The van der Waals surface area contributed by atoms with Gasteiger partial charge in [0.25, 0.3) is 5.91 Å². The molecule has 1 saturated heterocycles. The Bertz CT molecular complexity index is 525. The number of rotatable bonds is 3. The smallest absolute Gasteiger partial charge is 0.289 e. The van der Waals surface area contributed by atoms with Crippen LogP contribution >= 0.6 is 39.9 Å². The molecule has 122 valence electrons. The molecule has 0 unspecified atom stereocenters. The van der Waals surface area contributed by atoms with E-state index < -0.39 is 0 Å². The molecule has 1 aliphatic rings. The number of furan rings is 1. The lowest BCUT2D eigenvalue weighted by molar-refractivity contribution is 0.0658. The van der Waals surface area contributed by atoms with Gasteiger partial charge in [-0.25, -0.2) is 0 Å². The molecule has 1 aromatic heterocycles. The summed E-state index contributed by atoms with van der Waals surface area (Å²) < 4.78 is 6.02. The number of halogens is 2. The van der Waals surface area contributed by atoms with Gasteiger partial charge in [-0.3, -0.25) is 9.79 Å². The number of amides is 1. The molecule has 0 aromatic carbocycles. The predicted molar refractivity (Wildman–Crippen MR) is 101 cm³/mol. The molecule has 0 spiro atoms. The minimum atomic E-state index is -0.0589. The molecule has 0 saturated carbocycles. The predicted octanol–water partition coefficient (Wildman–Crippen LogP) is 2.14. The van der Waals surface area contributed by atoms with Crippen molar-refractivity contribution >= 4 is 51.8 Å². The summed E-state index contributed by atoms with van der Waals surface area (Å²) in [4.78, 5) is 20.3. The molecular weight excluding hydrogens is 463 g/mol. The van der Waals surface area contributed by atoms with E-state index in [-0.39, 0.29) is 29.9 Å². The fourth-order valence-electron chi connectivity index (χ4n) is 2.18. The van der Waals surface area contributed by atoms with E-state index >= 15 is 0 Å². The summed E-state index contributed by atoms with van der Waals surface area (Å²) >= 11 is 3.31. The highest BCUT2D eigenvalue weighted by molar-refractivity contribution is 14.0. The second-order valence-corrected chi connectivity index (χ2v) is 5.80. The Morgan fingerprint density at radius 2 is 2.05 bits per heavy atom. The normalized spacial score (nSPS) is 15.3. The summed E-state index contributed by atoms with van der Waals surface area (Å²) in [5, 5.41) is 3.22. The van der Waals surface area contributed by atoms with Gasteiger partial charge in [-0.2, -0.15) is 0 Å². The standard InChI is InChI=1S/C14H19BrN4O2.HI/c1-11(15)10-17-14(16-2)19-7-5-18(6-8-19)13(20)12-4-3-9-21-12;/h3-4,9H,1,5-8,10H2,2H3,(H,16,17);1H. The number of guanidine groups is 1. The van der Waals surface area contributed by atoms with Crippen LogP contribution in [0.1, 0.15) is 10.6 Å². The zero-order valence-electron chi connectivity index (χ0n) is 12.4. The average molecular weight is 483 g/mol. The van der Waals surface area contributed by atoms with Crippen LogP contribution in [0.15, 0.2) is 38.9 Å². The van der Waals surface area contributed by atoms with E-state index in [1.54, 1.807) is 24.1 Å². The molecule has 2 rings (SSSR count). The molecule has 22 heavy (non-hydrogen) atoms. The zero-order chi connectivity index (χ0) is 15.2. The minimum Gasteiger partial charge on any atom is -0.459 e. The third-order valence-corrected chi connectivity index (χ3v) is 3.53. The molecule has 1 N–H and O–H groups in total. The van der Waals surface area contributed by atoms with Gasteiger partial charge in [0.1, 0.15) is 0 Å². The maximum atomic E-state index is 12.2. The lowest BCUT2D eigenvalue weighted by Crippen LogP contribution is -2.53. The first kappa shape index (κ1) is 19.0. The number of hydrogen-bond acceptors (Lipinski definition) is 3. The van der Waals surface area contributed by atoms with Gasteiger partial charge >= 0.3 is 0 Å². The maximum Gasteiger partial charge on any atom is 0.289 e. The van der Waals surface area contributed by atoms with Crippen LogP contribution in [0.5, 0.6) is 0 Å². The summed E-state index contributed by atoms with van der Waals surface area (Å²) in [7, 11) is 1.75. The van der Waals surface area contributed by atoms with Gasteiger partial charge in [-0.15, -0.1) is 24.0 Å². The first-order chi connectivity index (χ1) is 10.1. The van der Waals surface area contributed by atoms with Gasteiger partial charge in [0, 0.05) is 44.3 Å². The van der Waals surface area contributed by atoms with E-state index in [2.05, 4.69) is 37.7 Å². The van der Waals surface area contributed by atoms with Crippen LogP contribution in [-0.2, 0) is 0 Å². The Morgan fingerprint density at radius 3 is 2.55 bits per heavy atom. The van der Waals surface area contributed by atoms with Crippen molar-refractivity contribution in [1.29, 1.82) is 0 Å². The first-order valence-corrected chi connectivity index (χ1v) is 7.52. The highest BCUT2D eigenvalue weighted by Gasteiger charge is 2.24. The quantitative estimate of drug-likeness (QED) is 0.407. The molecule has 0 aliphatic carbocycles. The monoisotopic (exact) mass is 482 g/mol. The number of piperazine rings is 1. The van der Waals surface area contributed by atoms with E-state index in [9.17, 15) is 4.79 Å². The van der Waals surface area contributed by atoms with Crippen LogP contribution < -0.4 is 5.32 Å². The maximum absolute atomic E-state index is 12.2. The Kier molecular flexibility index (Phi) is 7.94. The summed E-state index contributed by atoms with van der Waals surface area (Å²) in [6.07, 6.45) is 1.52. The number of carbonyl (C=O) groups excluding carboxylic acids is 1. The van der Waals surface area contributed by atoms with Crippen molar-refractivity contribution in [3.05, 3.63) is 35.2 Å². The highest BCUT2D eigenvalue weighted by atomic mass is 127. The molecule has 1 fully saturated rings. The SMILES string of the molecule is C=C(Br)CNC(=NC)N1CCN(C(=O)c2ccco2)CC1.I. The summed E-state index contributed by atoms with van der Waals surface area (Å²) in [6.45, 7) is 7.18. The number of hydrogen-bond donors (Lipinski definition) is 1. The fourth-order valence-corrected chi connectivity index (χ4v) is 2.32. The van der Waals surface area contributed by atoms with Gasteiger partial charge in [-0.1, -0.05) is 22.5 Å². The largest absolute Gasteiger partial charge is 0.459 e. The number of nitrogens with one attached hydrogen (secondary N) is 1. The van der Waals surface area contributed by atoms with Gasteiger partial charge in [0.05, 0.1) is 6.26 Å². The molecule has 0 radical (unpaired) electrons. The lowest BCUT2D eigenvalue weighted by atomic mass is 10.3. The second-order valence-electron chi connectivity index (χ2n) is 4.67. The van der Waals surface area contributed by atoms with Gasteiger partial charge < -0.3 is 19.5 Å². The third kappa shape index (κ3) is 5.01. The Labute approximate surface area is 155 Å². The van der Waals surface area contributed by atoms with Gasteiger partial charge in [-0.05, 0) is 12.1 Å². The molecule has 0 bridgehead atoms. The molecule has 6 nitrogen and oxygen atoms in total. The van der Waals surface area contributed by atoms with E-state index in [1.165, 1.54) is 6.26 Å². The molecular formula is C14H20BrIN4O2. The van der Waals surface area contributed by atoms with Crippen molar-refractivity contribution in [2.24, 2.45) is 4.99 Å². The zero-order valence-corrected chi connectivity index (χ0v) is 16.3. The lowest BCUT2D eigenvalue weighted by Gasteiger charge is -2.36. The third-order valence-electron chi connectivity index (χ3n) is 3.25. The van der Waals surface area contributed by atoms with Crippen molar-refractivity contribution < 1.29 is 9.21 Å². The van der Waals surface area contributed by atoms with Crippen molar-refractivity contribution in [3.63, 3.8) is 0 Å². The summed E-state index contributed by atoms with van der Waals surface area (Å²) in [6, 6.07) is 3.42. The molecule has 1 amide bonds. The molecule has 0 atom stereocenters. The average Bonchev–Trinajstić information content (AvgIpc) is 3.02. The van der Waals surface area contributed by atoms with Crippen molar-refractivity contribution in [1.82, 2.24) is 15.1 Å². The minimum absolute atomic E-state index is 0. The number of carbonyl (C=O) groups is 1. The molecule has 1 aromatic rings. The fraction of sp³-hybridized carbons (Fsp3) is 0.429. The highest BCUT2D eigenvalue weighted by Crippen LogP contribution is 2.09. The van der Waals surface area contributed by atoms with Crippen molar-refractivity contribution in [2.75, 3.05) is 39.8 Å². The molecule has 2 heterocycles. The number of nitrogens with zero attached hydrogens (tertiary/aromatic N) is 3. The first-order valence-electron chi connectivity index (χ1n) is 6.73. The summed E-state index contributed by atoms with van der Waals surface area (Å²) in [5.41, 5.74) is 0. The van der Waals surface area contributed by atoms with Crippen LogP contribution in [0, 0.1) is 0 Å². The van der Waals surface area contributed by atoms with E-state index in [0.717, 1.165) is 23.5 Å². The van der Waals surface area contributed by atoms with Gasteiger partial charge in [0.2, 0.25) is 0 Å². The van der Waals surface area contributed by atoms with Crippen LogP contribution in [0.3, 0.4) is 0 Å². The topological polar surface area (TPSA) is 61.1 Å². The van der Waals surface area contributed by atoms with Crippen LogP contribution in [0.25, 0.3) is 0 Å². The van der Waals surface area contributed by atoms with Gasteiger partial charge in [0.15, 0.2) is 11.7 Å². The Hall–Kier alpha value is -1.03. The van der Waals surface area contributed by atoms with Crippen molar-refractivity contribution in [3.8, 4) is 0 Å². The Morgan fingerprint density at radius 1 is 1.41 bits per heavy atom. The Balaban J connectivity index is 0.00000242. The van der Waals surface area contributed by atoms with Crippen LogP contribution in [0.4, 0.5) is 0 Å². The van der Waals surface area contributed by atoms with Crippen molar-refractivity contribution in [2.45, 2.75) is 0 Å². The van der Waals surface area contributed by atoms with E-state index in [4.69, 9.17) is 4.42 Å². The molecule has 8 heteroatoms. The number of aliphatic imine (C=N–C) groups is 1. The van der Waals surface area contributed by atoms with E-state index in [0.29, 0.717) is 25.4 Å².